The van der Waals surface area contributed by atoms with Crippen molar-refractivity contribution in [3.8, 4) is 0 Å². The van der Waals surface area contributed by atoms with E-state index >= 15 is 0 Å². The molecule has 0 radical (unpaired) electrons. The average molecular weight is 377 g/mol. The van der Waals surface area contributed by atoms with Crippen LogP contribution in [0.15, 0.2) is 72.7 Å². The maximum atomic E-state index is 12.3. The molecule has 0 saturated carbocycles. The van der Waals surface area contributed by atoms with Crippen LogP contribution in [0.4, 0.5) is 10.5 Å². The summed E-state index contributed by atoms with van der Waals surface area (Å²) in [6.07, 6.45) is 2.90. The lowest BCUT2D eigenvalue weighted by atomic mass is 10.2. The van der Waals surface area contributed by atoms with Gasteiger partial charge in [0.05, 0.1) is 5.41 Å². The number of para-hydroxylation sites is 1. The molecular formula is C18H17ClN2O3S. The summed E-state index contributed by atoms with van der Waals surface area (Å²) in [5, 5.41) is 1.49. The first-order valence-corrected chi connectivity index (χ1v) is 9.27. The number of nitrogens with one attached hydrogen (secondary N) is 1. The quantitative estimate of drug-likeness (QED) is 0.773. The molecule has 0 bridgehead atoms. The molecule has 0 fully saturated rings. The summed E-state index contributed by atoms with van der Waals surface area (Å²) >= 11 is 5.78. The van der Waals surface area contributed by atoms with Crippen molar-refractivity contribution in [2.45, 2.75) is 0 Å². The number of anilines is 1. The molecule has 0 saturated heterocycles. The van der Waals surface area contributed by atoms with Gasteiger partial charge in [0.15, 0.2) is 0 Å². The number of carbonyl (C=O) groups is 1. The number of carbonyl (C=O) groups excluding carboxylic acids is 1. The van der Waals surface area contributed by atoms with E-state index in [0.717, 1.165) is 5.41 Å². The highest BCUT2D eigenvalue weighted by Gasteiger charge is 2.18. The second kappa shape index (κ2) is 8.50. The fraction of sp³-hybridized carbons (Fsp3) is 0.0556. The van der Waals surface area contributed by atoms with Gasteiger partial charge in [0.25, 0.3) is 10.0 Å². The van der Waals surface area contributed by atoms with Crippen LogP contribution in [0, 0.1) is 0 Å². The molecule has 2 aromatic carbocycles. The van der Waals surface area contributed by atoms with Crippen LogP contribution in [0.3, 0.4) is 0 Å². The van der Waals surface area contributed by atoms with Crippen molar-refractivity contribution >= 4 is 39.4 Å². The van der Waals surface area contributed by atoms with Gasteiger partial charge in [-0.3, -0.25) is 4.90 Å². The molecule has 25 heavy (non-hydrogen) atoms. The molecule has 0 aliphatic rings. The summed E-state index contributed by atoms with van der Waals surface area (Å²) in [6.45, 7) is 3.76. The van der Waals surface area contributed by atoms with E-state index in [2.05, 4.69) is 6.58 Å². The van der Waals surface area contributed by atoms with Crippen LogP contribution >= 0.6 is 11.6 Å². The third kappa shape index (κ3) is 5.77. The summed E-state index contributed by atoms with van der Waals surface area (Å²) in [5.74, 6) is 0. The smallest absolute Gasteiger partial charge is 0.290 e. The van der Waals surface area contributed by atoms with E-state index in [1.807, 2.05) is 4.72 Å². The van der Waals surface area contributed by atoms with Gasteiger partial charge in [0.2, 0.25) is 0 Å². The van der Waals surface area contributed by atoms with Crippen LogP contribution in [-0.4, -0.2) is 21.0 Å². The molecule has 0 aromatic heterocycles. The van der Waals surface area contributed by atoms with Gasteiger partial charge < -0.3 is 0 Å². The Balaban J connectivity index is 2.13. The van der Waals surface area contributed by atoms with Crippen LogP contribution in [0.1, 0.15) is 5.56 Å². The molecule has 2 rings (SSSR count). The zero-order valence-corrected chi connectivity index (χ0v) is 14.9. The molecule has 0 aliphatic carbocycles. The lowest BCUT2D eigenvalue weighted by Gasteiger charge is -2.21. The number of nitrogens with zero attached hydrogens (tertiary/aromatic N) is 1. The van der Waals surface area contributed by atoms with Crippen LogP contribution < -0.4 is 9.62 Å². The van der Waals surface area contributed by atoms with Crippen molar-refractivity contribution in [1.29, 1.82) is 0 Å². The van der Waals surface area contributed by atoms with Gasteiger partial charge in [-0.05, 0) is 35.9 Å². The normalized spacial score (nSPS) is 11.2. The first-order chi connectivity index (χ1) is 11.9. The van der Waals surface area contributed by atoms with E-state index in [-0.39, 0.29) is 6.54 Å². The predicted molar refractivity (Wildman–Crippen MR) is 102 cm³/mol. The first kappa shape index (κ1) is 18.8. The highest BCUT2D eigenvalue weighted by molar-refractivity contribution is 7.93. The highest BCUT2D eigenvalue weighted by atomic mass is 35.5. The van der Waals surface area contributed by atoms with Crippen molar-refractivity contribution in [3.63, 3.8) is 0 Å². The van der Waals surface area contributed by atoms with E-state index in [1.54, 1.807) is 54.6 Å². The zero-order valence-electron chi connectivity index (χ0n) is 13.3. The molecule has 2 aromatic rings. The van der Waals surface area contributed by atoms with Gasteiger partial charge in [0.1, 0.15) is 0 Å². The summed E-state index contributed by atoms with van der Waals surface area (Å²) in [5.41, 5.74) is 1.21. The van der Waals surface area contributed by atoms with Crippen molar-refractivity contribution in [3.05, 3.63) is 83.2 Å². The second-order valence-electron chi connectivity index (χ2n) is 5.04. The van der Waals surface area contributed by atoms with E-state index in [1.165, 1.54) is 17.1 Å². The number of hydrogen-bond donors (Lipinski definition) is 1. The fourth-order valence-electron chi connectivity index (χ4n) is 2.00. The number of benzene rings is 2. The van der Waals surface area contributed by atoms with Crippen LogP contribution in [0.5, 0.6) is 0 Å². The molecular weight excluding hydrogens is 360 g/mol. The topological polar surface area (TPSA) is 66.5 Å². The van der Waals surface area contributed by atoms with E-state index in [0.29, 0.717) is 16.3 Å². The molecule has 1 N–H and O–H groups in total. The van der Waals surface area contributed by atoms with E-state index in [4.69, 9.17) is 11.6 Å². The molecule has 7 heteroatoms. The van der Waals surface area contributed by atoms with Crippen molar-refractivity contribution in [2.75, 3.05) is 11.4 Å². The average Bonchev–Trinajstić information content (AvgIpc) is 2.59. The van der Waals surface area contributed by atoms with Gasteiger partial charge in [-0.2, -0.15) is 0 Å². The Hall–Kier alpha value is -2.57. The minimum atomic E-state index is -3.95. The minimum absolute atomic E-state index is 0.173. The summed E-state index contributed by atoms with van der Waals surface area (Å²) in [4.78, 5) is 13.6. The van der Waals surface area contributed by atoms with Crippen LogP contribution in [-0.2, 0) is 10.0 Å². The van der Waals surface area contributed by atoms with Gasteiger partial charge in [-0.25, -0.2) is 17.9 Å². The lowest BCUT2D eigenvalue weighted by molar-refractivity contribution is 0.251. The summed E-state index contributed by atoms with van der Waals surface area (Å²) in [7, 11) is -3.95. The molecule has 0 aliphatic heterocycles. The SMILES string of the molecule is C=CCN(C(=O)NS(=O)(=O)C=Cc1ccc(Cl)cc1)c1ccccc1. The van der Waals surface area contributed by atoms with Gasteiger partial charge in [-0.1, -0.05) is 48.0 Å². The monoisotopic (exact) mass is 376 g/mol. The number of sulfonamides is 1. The number of rotatable bonds is 6. The Bertz CT molecular complexity index is 863. The highest BCUT2D eigenvalue weighted by Crippen LogP contribution is 2.14. The summed E-state index contributed by atoms with van der Waals surface area (Å²) in [6, 6.07) is 14.6. The van der Waals surface area contributed by atoms with Crippen LogP contribution in [0.2, 0.25) is 5.02 Å². The standard InChI is InChI=1S/C18H17ClN2O3S/c1-2-13-21(17-6-4-3-5-7-17)18(22)20-25(23,24)14-12-15-8-10-16(19)11-9-15/h2-12,14H,1,13H2,(H,20,22). The Morgan fingerprint density at radius 3 is 2.36 bits per heavy atom. The van der Waals surface area contributed by atoms with Crippen LogP contribution in [0.25, 0.3) is 6.08 Å². The van der Waals surface area contributed by atoms with Gasteiger partial charge in [0, 0.05) is 17.3 Å². The first-order valence-electron chi connectivity index (χ1n) is 7.35. The minimum Gasteiger partial charge on any atom is -0.290 e. The number of urea groups is 1. The third-order valence-corrected chi connectivity index (χ3v) is 4.37. The van der Waals surface area contributed by atoms with E-state index < -0.39 is 16.1 Å². The molecule has 130 valence electrons. The van der Waals surface area contributed by atoms with E-state index in [9.17, 15) is 13.2 Å². The predicted octanol–water partition coefficient (Wildman–Crippen LogP) is 4.04. The molecule has 0 atom stereocenters. The molecule has 0 heterocycles. The number of amides is 2. The lowest BCUT2D eigenvalue weighted by Crippen LogP contribution is -2.42. The fourth-order valence-corrected chi connectivity index (χ4v) is 2.88. The molecule has 0 unspecified atom stereocenters. The summed E-state index contributed by atoms with van der Waals surface area (Å²) < 4.78 is 26.3. The Labute approximate surface area is 152 Å². The van der Waals surface area contributed by atoms with Crippen molar-refractivity contribution in [1.82, 2.24) is 4.72 Å². The third-order valence-electron chi connectivity index (χ3n) is 3.16. The Morgan fingerprint density at radius 2 is 1.76 bits per heavy atom. The van der Waals surface area contributed by atoms with Gasteiger partial charge >= 0.3 is 6.03 Å². The second-order valence-corrected chi connectivity index (χ2v) is 7.04. The zero-order chi connectivity index (χ0) is 18.3. The molecule has 2 amide bonds. The molecule has 5 nitrogen and oxygen atoms in total. The van der Waals surface area contributed by atoms with Crippen molar-refractivity contribution < 1.29 is 13.2 Å². The largest absolute Gasteiger partial charge is 0.336 e. The number of halogens is 1. The maximum absolute atomic E-state index is 12.3. The molecule has 0 spiro atoms. The van der Waals surface area contributed by atoms with Crippen molar-refractivity contribution in [2.24, 2.45) is 0 Å². The maximum Gasteiger partial charge on any atom is 0.336 e. The number of hydrogen-bond acceptors (Lipinski definition) is 3. The Kier molecular flexibility index (Phi) is 6.38. The Morgan fingerprint density at radius 1 is 1.12 bits per heavy atom. The van der Waals surface area contributed by atoms with Gasteiger partial charge in [-0.15, -0.1) is 6.58 Å².